The fourth-order valence-electron chi connectivity index (χ4n) is 16.1. The van der Waals surface area contributed by atoms with Crippen molar-refractivity contribution in [1.82, 2.24) is 15.5 Å². The molecule has 2 amide bonds. The van der Waals surface area contributed by atoms with Crippen LogP contribution in [0.15, 0.2) is 0 Å². The Morgan fingerprint density at radius 1 is 0.353 bits per heavy atom. The molecule has 0 aromatic heterocycles. The maximum atomic E-state index is 14.9. The molecule has 704 valence electrons. The zero-order valence-electron chi connectivity index (χ0n) is 78.6. The largest absolute Gasteiger partial charge is 0.470 e. The number of unbranched alkanes of at least 4 members (excludes halogenated alkanes) is 54. The Balaban J connectivity index is 0.0000189. The van der Waals surface area contributed by atoms with Crippen molar-refractivity contribution in [1.29, 1.82) is 0 Å². The van der Waals surface area contributed by atoms with Gasteiger partial charge in [0.15, 0.2) is 12.4 Å². The summed E-state index contributed by atoms with van der Waals surface area (Å²) in [5, 5.41) is 16.8. The molecule has 8 atom stereocenters. The summed E-state index contributed by atoms with van der Waals surface area (Å²) >= 11 is 0. The van der Waals surface area contributed by atoms with E-state index in [0.717, 1.165) is 148 Å². The highest BCUT2D eigenvalue weighted by molar-refractivity contribution is 7.46. The second-order valence-corrected chi connectivity index (χ2v) is 36.0. The fraction of sp³-hybridized carbons (Fsp3) is 0.939. The van der Waals surface area contributed by atoms with E-state index < -0.39 is 93.6 Å². The van der Waals surface area contributed by atoms with Gasteiger partial charge in [0.1, 0.15) is 36.6 Å². The smallest absolute Gasteiger partial charge is 0.462 e. The summed E-state index contributed by atoms with van der Waals surface area (Å²) in [6, 6.07) is -1.58. The van der Waals surface area contributed by atoms with Crippen molar-refractivity contribution in [2.24, 2.45) is 0 Å². The molecule has 1 aliphatic rings. The van der Waals surface area contributed by atoms with Crippen molar-refractivity contribution in [3.8, 4) is 0 Å². The SMILES string of the molecule is CCCCCCCCCCCCCC(=O)O[C@H](CCCCCCCCCCC)CC(=O)NCCO[C@@H]1O[C@H](CO)[C@@H](OP(=O)(O)O)[C@H](OC(=O)C[C@@H](CCCCCCCCCCC)OC(=O)CCCCCCCCCCCCC)[C@H]1NC(=O)C[C@@H](CCCCCCCCCCC)OC(=O)CCCCCCCCCCCCC.CCN(CC)CC. The lowest BCUT2D eigenvalue weighted by Crippen LogP contribution is -2.66. The van der Waals surface area contributed by atoms with Crippen LogP contribution in [0, 0.1) is 0 Å². The van der Waals surface area contributed by atoms with Gasteiger partial charge >= 0.3 is 31.7 Å². The number of hydrogen-bond acceptors (Lipinski definition) is 16. The van der Waals surface area contributed by atoms with Crippen LogP contribution in [0.1, 0.15) is 505 Å². The average Bonchev–Trinajstić information content (AvgIpc) is 0.780. The summed E-state index contributed by atoms with van der Waals surface area (Å²) in [5.41, 5.74) is 0. The highest BCUT2D eigenvalue weighted by Gasteiger charge is 2.52. The van der Waals surface area contributed by atoms with Crippen molar-refractivity contribution in [2.75, 3.05) is 39.4 Å². The van der Waals surface area contributed by atoms with Gasteiger partial charge in [-0.3, -0.25) is 33.3 Å². The van der Waals surface area contributed by atoms with Gasteiger partial charge < -0.3 is 58.8 Å². The van der Waals surface area contributed by atoms with E-state index in [1.165, 1.54) is 232 Å². The molecule has 5 N–H and O–H groups in total. The first-order chi connectivity index (χ1) is 57.9. The summed E-state index contributed by atoms with van der Waals surface area (Å²) in [6.07, 6.45) is 58.1. The summed E-state index contributed by atoms with van der Waals surface area (Å²) in [6.45, 7) is 22.2. The summed E-state index contributed by atoms with van der Waals surface area (Å²) in [4.78, 5) is 108. The minimum atomic E-state index is -5.48. The van der Waals surface area contributed by atoms with Crippen molar-refractivity contribution in [3.05, 3.63) is 0 Å². The second kappa shape index (κ2) is 85.6. The number of carbonyl (C=O) groups excluding carboxylic acids is 6. The quantitative estimate of drug-likeness (QED) is 0.0164. The predicted octanol–water partition coefficient (Wildman–Crippen LogP) is 25.8. The summed E-state index contributed by atoms with van der Waals surface area (Å²) < 4.78 is 55.7. The maximum Gasteiger partial charge on any atom is 0.470 e. The molecule has 0 bridgehead atoms. The predicted molar refractivity (Wildman–Crippen MR) is 489 cm³/mol. The van der Waals surface area contributed by atoms with E-state index in [2.05, 4.69) is 77.8 Å². The van der Waals surface area contributed by atoms with Crippen LogP contribution in [0.4, 0.5) is 0 Å². The molecule has 20 nitrogen and oxygen atoms in total. The van der Waals surface area contributed by atoms with E-state index in [0.29, 0.717) is 44.9 Å². The number of esters is 4. The van der Waals surface area contributed by atoms with E-state index in [1.54, 1.807) is 0 Å². The number of nitrogens with zero attached hydrogens (tertiary/aromatic N) is 1. The molecule has 1 heterocycles. The van der Waals surface area contributed by atoms with Gasteiger partial charge in [-0.25, -0.2) is 4.57 Å². The number of aliphatic hydroxyl groups excluding tert-OH is 1. The van der Waals surface area contributed by atoms with Gasteiger partial charge in [-0.05, 0) is 77.4 Å². The Labute approximate surface area is 730 Å². The van der Waals surface area contributed by atoms with E-state index in [1.807, 2.05) is 0 Å². The van der Waals surface area contributed by atoms with E-state index in [-0.39, 0.29) is 57.1 Å². The lowest BCUT2D eigenvalue weighted by molar-refractivity contribution is -0.270. The van der Waals surface area contributed by atoms with Crippen LogP contribution in [0.2, 0.25) is 0 Å². The molecule has 1 saturated heterocycles. The minimum absolute atomic E-state index is 0.0789. The third-order valence-electron chi connectivity index (χ3n) is 23.7. The second-order valence-electron chi connectivity index (χ2n) is 34.8. The van der Waals surface area contributed by atoms with Crippen LogP contribution < -0.4 is 10.6 Å². The van der Waals surface area contributed by atoms with Crippen LogP contribution in [0.3, 0.4) is 0 Å². The van der Waals surface area contributed by atoms with Crippen molar-refractivity contribution in [3.63, 3.8) is 0 Å². The van der Waals surface area contributed by atoms with E-state index in [9.17, 15) is 48.2 Å². The molecule has 1 fully saturated rings. The number of rotatable bonds is 87. The molecular formula is C98H190N3O17P. The average molecular weight is 1710 g/mol. The van der Waals surface area contributed by atoms with Crippen molar-refractivity contribution >= 4 is 43.5 Å². The monoisotopic (exact) mass is 1710 g/mol. The zero-order valence-corrected chi connectivity index (χ0v) is 79.5. The number of aliphatic hydroxyl groups is 1. The number of ether oxygens (including phenoxy) is 6. The highest BCUT2D eigenvalue weighted by atomic mass is 31.2. The van der Waals surface area contributed by atoms with Gasteiger partial charge in [-0.2, -0.15) is 0 Å². The third-order valence-corrected chi connectivity index (χ3v) is 24.2. The van der Waals surface area contributed by atoms with Crippen molar-refractivity contribution in [2.45, 2.75) is 554 Å². The van der Waals surface area contributed by atoms with Gasteiger partial charge in [0.25, 0.3) is 0 Å². The highest BCUT2D eigenvalue weighted by Crippen LogP contribution is 2.43. The van der Waals surface area contributed by atoms with E-state index in [4.69, 9.17) is 32.9 Å². The first kappa shape index (κ1) is 116. The number of nitrogens with one attached hydrogen (secondary N) is 2. The van der Waals surface area contributed by atoms with Gasteiger partial charge in [-0.1, -0.05) is 409 Å². The third kappa shape index (κ3) is 73.7. The molecule has 1 aliphatic heterocycles. The number of phosphoric ester groups is 1. The number of hydrogen-bond donors (Lipinski definition) is 5. The standard InChI is InChI=1S/C92H175N2O17P.C6H15N/c1-7-13-19-25-31-37-40-46-52-58-64-70-85(98)106-79(67-61-55-49-43-34-28-22-16-10-4)75-83(96)93-73-74-105-92-89(94-84(97)76-80(68-62-56-50-44-35-29-23-17-11-5)107-86(99)71-65-59-53-47-41-38-32-26-20-14-8-2)91(90(82(78-95)109-92)111-112(102,103)104)110-88(101)77-81(69-63-57-51-45-36-30-24-18-12-6)108-87(100)72-66-60-54-48-42-39-33-27-21-15-9-3;1-4-7(5-2)6-3/h79-82,89-92,95H,7-78H2,1-6H3,(H,93,96)(H,94,97)(H2,102,103,104);4-6H2,1-3H3/t79-,80-,81-,82-,89-,90-,91-,92-;/m1./s1. The molecule has 0 radical (unpaired) electrons. The molecule has 0 saturated carbocycles. The Morgan fingerprint density at radius 3 is 0.891 bits per heavy atom. The molecular weight excluding hydrogens is 1520 g/mol. The summed E-state index contributed by atoms with van der Waals surface area (Å²) in [5.74, 6) is -3.15. The van der Waals surface area contributed by atoms with Crippen LogP contribution in [-0.2, 0) is 66.3 Å². The van der Waals surface area contributed by atoms with Crippen LogP contribution >= 0.6 is 7.82 Å². The molecule has 0 spiro atoms. The van der Waals surface area contributed by atoms with Gasteiger partial charge in [0.2, 0.25) is 11.8 Å². The zero-order chi connectivity index (χ0) is 87.6. The Kier molecular flexibility index (Phi) is 83.2. The fourth-order valence-corrected chi connectivity index (χ4v) is 16.7. The van der Waals surface area contributed by atoms with Crippen LogP contribution in [0.25, 0.3) is 0 Å². The van der Waals surface area contributed by atoms with Gasteiger partial charge in [0.05, 0.1) is 32.5 Å². The molecule has 0 aromatic rings. The first-order valence-corrected chi connectivity index (χ1v) is 52.1. The Morgan fingerprint density at radius 2 is 0.622 bits per heavy atom. The number of carbonyl (C=O) groups is 6. The minimum Gasteiger partial charge on any atom is -0.462 e. The van der Waals surface area contributed by atoms with Gasteiger partial charge in [0, 0.05) is 25.8 Å². The molecule has 0 unspecified atom stereocenters. The topological polar surface area (TPSA) is 272 Å². The van der Waals surface area contributed by atoms with E-state index >= 15 is 0 Å². The van der Waals surface area contributed by atoms with Gasteiger partial charge in [-0.15, -0.1) is 0 Å². The number of amides is 2. The molecule has 1 rings (SSSR count). The van der Waals surface area contributed by atoms with Crippen LogP contribution in [-0.4, -0.2) is 144 Å². The number of phosphoric acid groups is 1. The molecule has 119 heavy (non-hydrogen) atoms. The summed E-state index contributed by atoms with van der Waals surface area (Å²) in [7, 11) is -5.48. The molecule has 0 aromatic carbocycles. The molecule has 0 aliphatic carbocycles. The molecule has 21 heteroatoms. The lowest BCUT2D eigenvalue weighted by atomic mass is 9.96. The lowest BCUT2D eigenvalue weighted by Gasteiger charge is -2.45. The van der Waals surface area contributed by atoms with Crippen molar-refractivity contribution < 1.29 is 81.2 Å². The Hall–Kier alpha value is -3.23. The van der Waals surface area contributed by atoms with Crippen LogP contribution in [0.5, 0.6) is 0 Å². The first-order valence-electron chi connectivity index (χ1n) is 50.6. The Bertz CT molecular complexity index is 2340. The normalized spacial score (nSPS) is 16.2. The maximum absolute atomic E-state index is 14.9.